The maximum absolute atomic E-state index is 3.77. The van der Waals surface area contributed by atoms with E-state index in [-0.39, 0.29) is 0 Å². The van der Waals surface area contributed by atoms with Gasteiger partial charge in [-0.1, -0.05) is 26.0 Å². The van der Waals surface area contributed by atoms with E-state index in [2.05, 4.69) is 61.1 Å². The van der Waals surface area contributed by atoms with Crippen LogP contribution in [0.2, 0.25) is 0 Å². The monoisotopic (exact) mass is 279 g/mol. The van der Waals surface area contributed by atoms with E-state index < -0.39 is 0 Å². The zero-order valence-electron chi connectivity index (χ0n) is 11.2. The Hall–Kier alpha value is -0.640. The van der Waals surface area contributed by atoms with Gasteiger partial charge in [0.05, 0.1) is 6.04 Å². The minimum Gasteiger partial charge on any atom is -0.302 e. The van der Waals surface area contributed by atoms with Gasteiger partial charge in [0.2, 0.25) is 0 Å². The van der Waals surface area contributed by atoms with Crippen molar-refractivity contribution in [2.45, 2.75) is 39.3 Å². The molecule has 0 aliphatic carbocycles. The summed E-state index contributed by atoms with van der Waals surface area (Å²) in [6.07, 6.45) is 1.22. The molecule has 0 spiro atoms. The van der Waals surface area contributed by atoms with E-state index in [4.69, 9.17) is 0 Å². The average Bonchev–Trinajstić information content (AvgIpc) is 2.98. The summed E-state index contributed by atoms with van der Waals surface area (Å²) in [6.45, 7) is 6.85. The summed E-state index contributed by atoms with van der Waals surface area (Å²) in [6, 6.07) is 9.62. The third kappa shape index (κ3) is 3.67. The first kappa shape index (κ1) is 13.8. The molecule has 2 aromatic heterocycles. The molecular formula is C15H21NS2. The molecule has 2 aromatic rings. The number of nitrogens with one attached hydrogen (secondary N) is 1. The van der Waals surface area contributed by atoms with Gasteiger partial charge in [-0.05, 0) is 42.2 Å². The van der Waals surface area contributed by atoms with Gasteiger partial charge in [-0.25, -0.2) is 0 Å². The highest BCUT2D eigenvalue weighted by Crippen LogP contribution is 2.30. The molecular weight excluding hydrogens is 258 g/mol. The minimum atomic E-state index is 0.360. The average molecular weight is 279 g/mol. The van der Waals surface area contributed by atoms with Crippen LogP contribution in [0.15, 0.2) is 35.0 Å². The molecule has 1 atom stereocenters. The molecule has 0 saturated carbocycles. The molecule has 0 bridgehead atoms. The van der Waals surface area contributed by atoms with Crippen molar-refractivity contribution in [1.29, 1.82) is 0 Å². The molecule has 1 nitrogen and oxygen atoms in total. The van der Waals surface area contributed by atoms with Crippen molar-refractivity contribution >= 4 is 22.7 Å². The van der Waals surface area contributed by atoms with E-state index in [9.17, 15) is 0 Å². The van der Waals surface area contributed by atoms with Crippen molar-refractivity contribution in [2.75, 3.05) is 0 Å². The lowest BCUT2D eigenvalue weighted by molar-refractivity contribution is 0.421. The molecule has 0 aliphatic heterocycles. The highest BCUT2D eigenvalue weighted by molar-refractivity contribution is 7.11. The molecule has 18 heavy (non-hydrogen) atoms. The Morgan fingerprint density at radius 2 is 1.56 bits per heavy atom. The summed E-state index contributed by atoms with van der Waals surface area (Å²) in [5.74, 6) is 0.736. The van der Waals surface area contributed by atoms with Crippen LogP contribution in [-0.2, 0) is 0 Å². The van der Waals surface area contributed by atoms with Crippen LogP contribution >= 0.6 is 22.7 Å². The molecule has 0 saturated heterocycles. The molecule has 3 heteroatoms. The van der Waals surface area contributed by atoms with Crippen LogP contribution in [0.1, 0.15) is 43.0 Å². The number of hydrogen-bond acceptors (Lipinski definition) is 3. The number of hydrogen-bond donors (Lipinski definition) is 1. The lowest BCUT2D eigenvalue weighted by Crippen LogP contribution is -2.31. The topological polar surface area (TPSA) is 12.0 Å². The third-order valence-electron chi connectivity index (χ3n) is 2.93. The van der Waals surface area contributed by atoms with Crippen LogP contribution in [0, 0.1) is 5.92 Å². The largest absolute Gasteiger partial charge is 0.302 e. The van der Waals surface area contributed by atoms with E-state index in [0.29, 0.717) is 12.1 Å². The van der Waals surface area contributed by atoms with Crippen LogP contribution in [-0.4, -0.2) is 6.04 Å². The normalized spacial score (nSPS) is 13.4. The third-order valence-corrected chi connectivity index (χ3v) is 4.81. The van der Waals surface area contributed by atoms with E-state index in [1.165, 1.54) is 16.2 Å². The van der Waals surface area contributed by atoms with Crippen LogP contribution < -0.4 is 5.32 Å². The Morgan fingerprint density at radius 1 is 1.00 bits per heavy atom. The van der Waals surface area contributed by atoms with Crippen LogP contribution in [0.25, 0.3) is 0 Å². The second-order valence-corrected chi connectivity index (χ2v) is 7.12. The highest BCUT2D eigenvalue weighted by atomic mass is 32.1. The zero-order valence-corrected chi connectivity index (χ0v) is 12.9. The number of thiophene rings is 2. The quantitative estimate of drug-likeness (QED) is 0.791. The van der Waals surface area contributed by atoms with Crippen molar-refractivity contribution in [2.24, 2.45) is 5.92 Å². The van der Waals surface area contributed by atoms with Crippen LogP contribution in [0.5, 0.6) is 0 Å². The fourth-order valence-electron chi connectivity index (χ4n) is 2.28. The first-order valence-corrected chi connectivity index (χ1v) is 8.25. The summed E-state index contributed by atoms with van der Waals surface area (Å²) >= 11 is 3.67. The molecule has 0 aliphatic rings. The molecule has 0 radical (unpaired) electrons. The zero-order chi connectivity index (χ0) is 13.0. The lowest BCUT2D eigenvalue weighted by Gasteiger charge is -2.23. The van der Waals surface area contributed by atoms with Crippen LogP contribution in [0.3, 0.4) is 0 Å². The van der Waals surface area contributed by atoms with Gasteiger partial charge in [-0.3, -0.25) is 0 Å². The van der Waals surface area contributed by atoms with E-state index in [1.807, 2.05) is 22.7 Å². The highest BCUT2D eigenvalue weighted by Gasteiger charge is 2.18. The summed E-state index contributed by atoms with van der Waals surface area (Å²) in [4.78, 5) is 2.82. The molecule has 2 heterocycles. The lowest BCUT2D eigenvalue weighted by atomic mass is 10.0. The van der Waals surface area contributed by atoms with Gasteiger partial charge in [-0.15, -0.1) is 22.7 Å². The Labute approximate surface area is 118 Å². The van der Waals surface area contributed by atoms with Gasteiger partial charge in [-0.2, -0.15) is 0 Å². The summed E-state index contributed by atoms with van der Waals surface area (Å²) in [5.41, 5.74) is 0. The maximum atomic E-state index is 3.77. The second kappa shape index (κ2) is 6.50. The minimum absolute atomic E-state index is 0.360. The smallest absolute Gasteiger partial charge is 0.0766 e. The first-order chi connectivity index (χ1) is 8.66. The van der Waals surface area contributed by atoms with Gasteiger partial charge in [0.1, 0.15) is 0 Å². The fourth-order valence-corrected chi connectivity index (χ4v) is 3.95. The summed E-state index contributed by atoms with van der Waals surface area (Å²) < 4.78 is 0. The Bertz CT molecular complexity index is 397. The Balaban J connectivity index is 2.11. The van der Waals surface area contributed by atoms with Gasteiger partial charge in [0.15, 0.2) is 0 Å². The Morgan fingerprint density at radius 3 is 1.94 bits per heavy atom. The molecule has 1 N–H and O–H groups in total. The van der Waals surface area contributed by atoms with Gasteiger partial charge >= 0.3 is 0 Å². The van der Waals surface area contributed by atoms with Gasteiger partial charge < -0.3 is 5.32 Å². The van der Waals surface area contributed by atoms with Crippen molar-refractivity contribution < 1.29 is 0 Å². The van der Waals surface area contributed by atoms with Crippen molar-refractivity contribution in [3.05, 3.63) is 44.8 Å². The summed E-state index contributed by atoms with van der Waals surface area (Å²) in [7, 11) is 0. The fraction of sp³-hybridized carbons (Fsp3) is 0.467. The van der Waals surface area contributed by atoms with Gasteiger partial charge in [0.25, 0.3) is 0 Å². The van der Waals surface area contributed by atoms with Crippen molar-refractivity contribution in [3.8, 4) is 0 Å². The SMILES string of the molecule is CC(C)CC(C)NC(c1cccs1)c1cccs1. The second-order valence-electron chi connectivity index (χ2n) is 5.16. The predicted octanol–water partition coefficient (Wildman–Crippen LogP) is 4.92. The van der Waals surface area contributed by atoms with E-state index in [1.54, 1.807) is 0 Å². The predicted molar refractivity (Wildman–Crippen MR) is 82.5 cm³/mol. The molecule has 98 valence electrons. The van der Waals surface area contributed by atoms with Crippen molar-refractivity contribution in [1.82, 2.24) is 5.32 Å². The molecule has 2 rings (SSSR count). The van der Waals surface area contributed by atoms with Gasteiger partial charge in [0, 0.05) is 15.8 Å². The number of rotatable bonds is 6. The Kier molecular flexibility index (Phi) is 4.98. The van der Waals surface area contributed by atoms with Crippen LogP contribution in [0.4, 0.5) is 0 Å². The van der Waals surface area contributed by atoms with E-state index in [0.717, 1.165) is 5.92 Å². The van der Waals surface area contributed by atoms with E-state index >= 15 is 0 Å². The maximum Gasteiger partial charge on any atom is 0.0766 e. The molecule has 0 aromatic carbocycles. The molecule has 0 fully saturated rings. The molecule has 0 amide bonds. The van der Waals surface area contributed by atoms with Crippen molar-refractivity contribution in [3.63, 3.8) is 0 Å². The standard InChI is InChI=1S/C15H21NS2/c1-11(2)10-12(3)16-15(13-6-4-8-17-13)14-7-5-9-18-14/h4-9,11-12,15-16H,10H2,1-3H3. The summed E-state index contributed by atoms with van der Waals surface area (Å²) in [5, 5.41) is 8.09. The molecule has 1 unspecified atom stereocenters. The first-order valence-electron chi connectivity index (χ1n) is 6.49.